The molecule has 0 saturated carbocycles. The monoisotopic (exact) mass is 723 g/mol. The van der Waals surface area contributed by atoms with Gasteiger partial charge >= 0.3 is 0 Å². The van der Waals surface area contributed by atoms with E-state index < -0.39 is 10.0 Å². The summed E-state index contributed by atoms with van der Waals surface area (Å²) in [5, 5.41) is 6.84. The van der Waals surface area contributed by atoms with E-state index in [0.29, 0.717) is 33.8 Å². The Hall–Kier alpha value is -3.41. The number of benzene rings is 4. The molecule has 0 bridgehead atoms. The third-order valence-electron chi connectivity index (χ3n) is 8.93. The Morgan fingerprint density at radius 1 is 0.870 bits per heavy atom. The van der Waals surface area contributed by atoms with Crippen LogP contribution < -0.4 is 24.6 Å². The maximum Gasteiger partial charge on any atom is 0.262 e. The summed E-state index contributed by atoms with van der Waals surface area (Å²) in [6.07, 6.45) is 6.14. The molecule has 4 aromatic carbocycles. The number of ether oxygens (including phenoxy) is 1. The number of rotatable bonds is 9. The van der Waals surface area contributed by atoms with Gasteiger partial charge in [0.15, 0.2) is 5.75 Å². The average Bonchev–Trinajstić information content (AvgIpc) is 3.08. The first-order valence-electron chi connectivity index (χ1n) is 15.6. The molecule has 2 aliphatic rings. The van der Waals surface area contributed by atoms with Gasteiger partial charge in [-0.25, -0.2) is 8.42 Å². The molecule has 6 rings (SSSR count). The number of hydrogen-bond acceptors (Lipinski definition) is 5. The van der Waals surface area contributed by atoms with Gasteiger partial charge in [-0.2, -0.15) is 0 Å². The molecule has 11 heteroatoms. The normalized spacial score (nSPS) is 16.8. The Kier molecular flexibility index (Phi) is 10.0. The molecule has 46 heavy (non-hydrogen) atoms. The number of carbonyl (C=O) groups is 1. The first kappa shape index (κ1) is 32.5. The molecule has 0 radical (unpaired) electrons. The molecular weight excluding hydrogens is 688 g/mol. The van der Waals surface area contributed by atoms with Gasteiger partial charge in [-0.15, -0.1) is 0 Å². The van der Waals surface area contributed by atoms with Crippen LogP contribution in [0.3, 0.4) is 0 Å². The van der Waals surface area contributed by atoms with E-state index in [0.717, 1.165) is 22.0 Å². The van der Waals surface area contributed by atoms with Crippen LogP contribution in [0.1, 0.15) is 42.5 Å². The number of piperidine rings is 2. The molecule has 0 aromatic heterocycles. The third-order valence-corrected chi connectivity index (χ3v) is 11.1. The van der Waals surface area contributed by atoms with Crippen molar-refractivity contribution in [1.82, 2.24) is 9.80 Å². The highest BCUT2D eigenvalue weighted by atomic mass is 79.9. The van der Waals surface area contributed by atoms with Crippen molar-refractivity contribution < 1.29 is 17.9 Å². The fourth-order valence-electron chi connectivity index (χ4n) is 6.56. The van der Waals surface area contributed by atoms with E-state index in [1.165, 1.54) is 75.1 Å². The maximum absolute atomic E-state index is 13.3. The molecular formula is C35H37BrClN4O4S+. The largest absolute Gasteiger partial charge is 0.454 e. The third kappa shape index (κ3) is 7.26. The Morgan fingerprint density at radius 3 is 2.26 bits per heavy atom. The summed E-state index contributed by atoms with van der Waals surface area (Å²) >= 11 is 9.66. The van der Waals surface area contributed by atoms with Crippen molar-refractivity contribution in [2.45, 2.75) is 43.0 Å². The smallest absolute Gasteiger partial charge is 0.262 e. The van der Waals surface area contributed by atoms with Gasteiger partial charge in [-0.3, -0.25) is 14.0 Å². The van der Waals surface area contributed by atoms with Crippen LogP contribution in [0, 0.1) is 0 Å². The number of para-hydroxylation sites is 2. The Morgan fingerprint density at radius 2 is 1.57 bits per heavy atom. The highest BCUT2D eigenvalue weighted by molar-refractivity contribution is 9.10. The zero-order valence-corrected chi connectivity index (χ0v) is 28.5. The standard InChI is InChI=1S/C35H36BrClN4O4S/c36-26-10-17-33(31(37)24-26)45-34-7-3-2-6-32(34)40-46(43,44)30-15-8-25(9-16-30)35(42)39-27-11-13-28(14-12-27)41(22-4-1-5-23-41)29-18-20-38-21-19-29/h2-3,6-17,24,29,38,40H,1,4-5,18-23H2/p+1. The molecule has 0 atom stereocenters. The maximum atomic E-state index is 13.3. The van der Waals surface area contributed by atoms with Gasteiger partial charge in [0, 0.05) is 53.8 Å². The molecule has 3 N–H and O–H groups in total. The minimum absolute atomic E-state index is 0.0124. The molecule has 240 valence electrons. The summed E-state index contributed by atoms with van der Waals surface area (Å²) < 4.78 is 36.9. The molecule has 4 aromatic rings. The average molecular weight is 725 g/mol. The van der Waals surface area contributed by atoms with Crippen LogP contribution in [-0.2, 0) is 10.0 Å². The van der Waals surface area contributed by atoms with E-state index >= 15 is 0 Å². The summed E-state index contributed by atoms with van der Waals surface area (Å²) in [4.78, 5) is 13.1. The fraction of sp³-hybridized carbons (Fsp3) is 0.286. The Balaban J connectivity index is 1.12. The van der Waals surface area contributed by atoms with Crippen LogP contribution in [0.2, 0.25) is 5.02 Å². The topological polar surface area (TPSA) is 96.5 Å². The van der Waals surface area contributed by atoms with E-state index in [2.05, 4.69) is 43.4 Å². The Bertz CT molecular complexity index is 1790. The zero-order chi connectivity index (χ0) is 32.1. The summed E-state index contributed by atoms with van der Waals surface area (Å²) in [5.74, 6) is 0.368. The van der Waals surface area contributed by atoms with Gasteiger partial charge in [0.1, 0.15) is 11.4 Å². The van der Waals surface area contributed by atoms with Crippen molar-refractivity contribution >= 4 is 60.5 Å². The van der Waals surface area contributed by atoms with Gasteiger partial charge in [-0.05, 0) is 86.0 Å². The number of nitrogens with one attached hydrogen (secondary N) is 3. The lowest BCUT2D eigenvalue weighted by Crippen LogP contribution is -2.62. The number of nitrogens with zero attached hydrogens (tertiary/aromatic N) is 1. The van der Waals surface area contributed by atoms with Gasteiger partial charge in [-0.1, -0.05) is 39.7 Å². The number of quaternary nitrogens is 1. The summed E-state index contributed by atoms with van der Waals surface area (Å²) in [5.41, 5.74) is 2.63. The highest BCUT2D eigenvalue weighted by Gasteiger charge is 2.40. The highest BCUT2D eigenvalue weighted by Crippen LogP contribution is 2.37. The van der Waals surface area contributed by atoms with Crippen molar-refractivity contribution in [1.29, 1.82) is 0 Å². The first-order chi connectivity index (χ1) is 22.2. The number of carbonyl (C=O) groups excluding carboxylic acids is 1. The lowest BCUT2D eigenvalue weighted by molar-refractivity contribution is 0.102. The summed E-state index contributed by atoms with van der Waals surface area (Å²) in [6.45, 7) is 4.47. The minimum Gasteiger partial charge on any atom is -0.454 e. The molecule has 0 aliphatic carbocycles. The summed E-state index contributed by atoms with van der Waals surface area (Å²) in [6, 6.07) is 26.6. The molecule has 2 aliphatic heterocycles. The van der Waals surface area contributed by atoms with E-state index in [9.17, 15) is 13.2 Å². The van der Waals surface area contributed by atoms with Crippen LogP contribution in [-0.4, -0.2) is 46.5 Å². The number of likely N-dealkylation sites (tertiary alicyclic amines) is 1. The van der Waals surface area contributed by atoms with Crippen LogP contribution in [0.15, 0.2) is 100 Å². The lowest BCUT2D eigenvalue weighted by atomic mass is 9.95. The predicted octanol–water partition coefficient (Wildman–Crippen LogP) is 8.19. The summed E-state index contributed by atoms with van der Waals surface area (Å²) in [7, 11) is -3.99. The van der Waals surface area contributed by atoms with Crippen LogP contribution in [0.25, 0.3) is 0 Å². The second-order valence-corrected chi connectivity index (χ2v) is 14.8. The van der Waals surface area contributed by atoms with Gasteiger partial charge < -0.3 is 15.4 Å². The molecule has 8 nitrogen and oxygen atoms in total. The quantitative estimate of drug-likeness (QED) is 0.151. The number of halogens is 2. The number of sulfonamides is 1. The molecule has 0 spiro atoms. The van der Waals surface area contributed by atoms with Crippen molar-refractivity contribution in [2.24, 2.45) is 0 Å². The van der Waals surface area contributed by atoms with Crippen LogP contribution in [0.4, 0.5) is 17.1 Å². The van der Waals surface area contributed by atoms with Crippen LogP contribution >= 0.6 is 27.5 Å². The molecule has 2 heterocycles. The zero-order valence-electron chi connectivity index (χ0n) is 25.3. The van der Waals surface area contributed by atoms with Crippen molar-refractivity contribution in [3.8, 4) is 11.5 Å². The van der Waals surface area contributed by atoms with Gasteiger partial charge in [0.2, 0.25) is 0 Å². The molecule has 2 fully saturated rings. The second-order valence-electron chi connectivity index (χ2n) is 11.8. The molecule has 1 amide bonds. The van der Waals surface area contributed by atoms with Crippen LogP contribution in [0.5, 0.6) is 11.5 Å². The second kappa shape index (κ2) is 14.1. The number of anilines is 2. The SMILES string of the molecule is O=C(Nc1ccc([N+]2(C3CCNCC3)CCCCC2)cc1)c1ccc(S(=O)(=O)Nc2ccccc2Oc2ccc(Br)cc2Cl)cc1. The van der Waals surface area contributed by atoms with E-state index in [4.69, 9.17) is 16.3 Å². The van der Waals surface area contributed by atoms with Crippen molar-refractivity contribution in [3.63, 3.8) is 0 Å². The lowest BCUT2D eigenvalue weighted by Gasteiger charge is -2.48. The fourth-order valence-corrected chi connectivity index (χ4v) is 8.34. The number of amides is 1. The van der Waals surface area contributed by atoms with Crippen molar-refractivity contribution in [2.75, 3.05) is 36.2 Å². The number of hydrogen-bond donors (Lipinski definition) is 3. The van der Waals surface area contributed by atoms with Gasteiger partial charge in [0.05, 0.1) is 34.7 Å². The molecule has 2 saturated heterocycles. The molecule has 0 unspecified atom stereocenters. The first-order valence-corrected chi connectivity index (χ1v) is 18.2. The predicted molar refractivity (Wildman–Crippen MR) is 189 cm³/mol. The van der Waals surface area contributed by atoms with E-state index in [1.807, 2.05) is 12.1 Å². The van der Waals surface area contributed by atoms with E-state index in [-0.39, 0.29) is 16.5 Å². The Labute approximate surface area is 283 Å². The van der Waals surface area contributed by atoms with Crippen molar-refractivity contribution in [3.05, 3.63) is 106 Å². The van der Waals surface area contributed by atoms with Gasteiger partial charge in [0.25, 0.3) is 15.9 Å². The minimum atomic E-state index is -3.99. The van der Waals surface area contributed by atoms with E-state index in [1.54, 1.807) is 42.5 Å².